The number of fused-ring (bicyclic) bond motifs is 1. The van der Waals surface area contributed by atoms with Crippen LogP contribution in [0.5, 0.6) is 0 Å². The van der Waals surface area contributed by atoms with Crippen LogP contribution < -0.4 is 10.6 Å². The Labute approximate surface area is 136 Å². The standard InChI is InChI=1S/C14H13Cl2N3OS/c1-2-17-14-19-13-12(21-14)8(6-11(20)18-13)7-3-4-9(15)10(16)5-7/h3-5,8H,2,6H2,1H3,(H,17,19)(H,18,20)/t8-/m0/s1. The Morgan fingerprint density at radius 2 is 2.24 bits per heavy atom. The Kier molecular flexibility index (Phi) is 4.06. The smallest absolute Gasteiger partial charge is 0.226 e. The molecule has 1 aliphatic heterocycles. The van der Waals surface area contributed by atoms with Crippen LogP contribution in [0.1, 0.15) is 29.7 Å². The molecule has 0 aliphatic carbocycles. The van der Waals surface area contributed by atoms with Crippen molar-refractivity contribution in [3.05, 3.63) is 38.7 Å². The Morgan fingerprint density at radius 1 is 1.43 bits per heavy atom. The van der Waals surface area contributed by atoms with Crippen LogP contribution in [0.3, 0.4) is 0 Å². The molecular formula is C14H13Cl2N3OS. The summed E-state index contributed by atoms with van der Waals surface area (Å²) < 4.78 is 0. The minimum atomic E-state index is -0.0353. The number of carbonyl (C=O) groups excluding carboxylic acids is 1. The van der Waals surface area contributed by atoms with Crippen molar-refractivity contribution in [3.8, 4) is 0 Å². The van der Waals surface area contributed by atoms with Gasteiger partial charge in [-0.2, -0.15) is 0 Å². The van der Waals surface area contributed by atoms with Crippen LogP contribution in [0, 0.1) is 0 Å². The molecule has 2 heterocycles. The lowest BCUT2D eigenvalue weighted by atomic mass is 9.92. The number of carbonyl (C=O) groups is 1. The second kappa shape index (κ2) is 5.83. The third kappa shape index (κ3) is 2.86. The minimum Gasteiger partial charge on any atom is -0.362 e. The first kappa shape index (κ1) is 14.6. The van der Waals surface area contributed by atoms with Crippen LogP contribution in [0.15, 0.2) is 18.2 Å². The number of amides is 1. The quantitative estimate of drug-likeness (QED) is 0.872. The summed E-state index contributed by atoms with van der Waals surface area (Å²) in [6.07, 6.45) is 0.388. The van der Waals surface area contributed by atoms with Gasteiger partial charge < -0.3 is 10.6 Å². The molecule has 2 N–H and O–H groups in total. The van der Waals surface area contributed by atoms with Crippen LogP contribution in [0.4, 0.5) is 10.9 Å². The van der Waals surface area contributed by atoms with E-state index in [0.29, 0.717) is 22.3 Å². The maximum absolute atomic E-state index is 11.9. The van der Waals surface area contributed by atoms with Crippen LogP contribution in [0.25, 0.3) is 0 Å². The first-order chi connectivity index (χ1) is 10.1. The molecule has 0 saturated carbocycles. The summed E-state index contributed by atoms with van der Waals surface area (Å²) in [5.41, 5.74) is 0.979. The van der Waals surface area contributed by atoms with Crippen LogP contribution >= 0.6 is 34.5 Å². The van der Waals surface area contributed by atoms with Crippen molar-refractivity contribution in [2.45, 2.75) is 19.3 Å². The molecule has 0 saturated heterocycles. The lowest BCUT2D eigenvalue weighted by molar-refractivity contribution is -0.116. The molecule has 110 valence electrons. The lowest BCUT2D eigenvalue weighted by Gasteiger charge is -2.21. The Morgan fingerprint density at radius 3 is 2.95 bits per heavy atom. The number of thiazole rings is 1. The van der Waals surface area contributed by atoms with Gasteiger partial charge in [0.1, 0.15) is 5.82 Å². The number of halogens is 2. The van der Waals surface area contributed by atoms with Gasteiger partial charge in [-0.1, -0.05) is 40.6 Å². The van der Waals surface area contributed by atoms with Crippen molar-refractivity contribution in [3.63, 3.8) is 0 Å². The summed E-state index contributed by atoms with van der Waals surface area (Å²) >= 11 is 13.6. The molecule has 0 bridgehead atoms. The molecule has 1 atom stereocenters. The van der Waals surface area contributed by atoms with Crippen molar-refractivity contribution in [2.24, 2.45) is 0 Å². The summed E-state index contributed by atoms with van der Waals surface area (Å²) in [7, 11) is 0. The SMILES string of the molecule is CCNc1nc2c(s1)[C@H](c1ccc(Cl)c(Cl)c1)CC(=O)N2. The van der Waals surface area contributed by atoms with E-state index in [0.717, 1.165) is 22.1 Å². The van der Waals surface area contributed by atoms with Crippen molar-refractivity contribution in [1.29, 1.82) is 0 Å². The fraction of sp³-hybridized carbons (Fsp3) is 0.286. The molecule has 0 fully saturated rings. The van der Waals surface area contributed by atoms with Gasteiger partial charge in [-0.25, -0.2) is 4.98 Å². The highest BCUT2D eigenvalue weighted by molar-refractivity contribution is 7.16. The first-order valence-electron chi connectivity index (χ1n) is 6.58. The van der Waals surface area contributed by atoms with Gasteiger partial charge in [0.05, 0.1) is 14.9 Å². The third-order valence-corrected chi connectivity index (χ3v) is 5.16. The Balaban J connectivity index is 2.03. The Bertz CT molecular complexity index is 702. The molecule has 1 amide bonds. The van der Waals surface area contributed by atoms with E-state index < -0.39 is 0 Å². The second-order valence-corrected chi connectivity index (χ2v) is 6.59. The summed E-state index contributed by atoms with van der Waals surface area (Å²) in [5.74, 6) is 0.573. The molecule has 1 aromatic carbocycles. The van der Waals surface area contributed by atoms with Crippen molar-refractivity contribution >= 4 is 51.4 Å². The number of hydrogen-bond donors (Lipinski definition) is 2. The van der Waals surface area contributed by atoms with Gasteiger partial charge in [-0.05, 0) is 24.6 Å². The van der Waals surface area contributed by atoms with Crippen LogP contribution in [-0.2, 0) is 4.79 Å². The van der Waals surface area contributed by atoms with Gasteiger partial charge in [0.25, 0.3) is 0 Å². The average molecular weight is 342 g/mol. The molecule has 0 unspecified atom stereocenters. The van der Waals surface area contributed by atoms with Crippen molar-refractivity contribution < 1.29 is 4.79 Å². The number of rotatable bonds is 3. The molecule has 0 spiro atoms. The van der Waals surface area contributed by atoms with Gasteiger partial charge in [-0.3, -0.25) is 4.79 Å². The molecule has 3 rings (SSSR count). The van der Waals surface area contributed by atoms with Gasteiger partial charge in [-0.15, -0.1) is 0 Å². The van der Waals surface area contributed by atoms with Gasteiger partial charge >= 0.3 is 0 Å². The number of nitrogens with zero attached hydrogens (tertiary/aromatic N) is 1. The lowest BCUT2D eigenvalue weighted by Crippen LogP contribution is -2.22. The van der Waals surface area contributed by atoms with E-state index in [9.17, 15) is 4.79 Å². The summed E-state index contributed by atoms with van der Waals surface area (Å²) in [6, 6.07) is 5.50. The fourth-order valence-electron chi connectivity index (χ4n) is 2.34. The van der Waals surface area contributed by atoms with E-state index in [1.54, 1.807) is 17.4 Å². The highest BCUT2D eigenvalue weighted by Gasteiger charge is 2.30. The molecule has 0 radical (unpaired) electrons. The number of aromatic nitrogens is 1. The predicted molar refractivity (Wildman–Crippen MR) is 87.8 cm³/mol. The topological polar surface area (TPSA) is 54.0 Å². The monoisotopic (exact) mass is 341 g/mol. The van der Waals surface area contributed by atoms with Crippen LogP contribution in [-0.4, -0.2) is 17.4 Å². The van der Waals surface area contributed by atoms with E-state index in [2.05, 4.69) is 15.6 Å². The van der Waals surface area contributed by atoms with Crippen molar-refractivity contribution in [2.75, 3.05) is 17.2 Å². The molecule has 2 aromatic rings. The summed E-state index contributed by atoms with van der Waals surface area (Å²) in [4.78, 5) is 17.4. The van der Waals surface area contributed by atoms with E-state index in [4.69, 9.17) is 23.2 Å². The minimum absolute atomic E-state index is 0.0339. The van der Waals surface area contributed by atoms with Gasteiger partial charge in [0.2, 0.25) is 5.91 Å². The molecular weight excluding hydrogens is 329 g/mol. The zero-order chi connectivity index (χ0) is 15.0. The zero-order valence-corrected chi connectivity index (χ0v) is 13.6. The molecule has 7 heteroatoms. The maximum Gasteiger partial charge on any atom is 0.226 e. The first-order valence-corrected chi connectivity index (χ1v) is 8.15. The summed E-state index contributed by atoms with van der Waals surface area (Å²) in [5, 5.41) is 7.83. The van der Waals surface area contributed by atoms with Crippen molar-refractivity contribution in [1.82, 2.24) is 4.98 Å². The number of benzene rings is 1. The number of nitrogens with one attached hydrogen (secondary N) is 2. The van der Waals surface area contributed by atoms with E-state index in [-0.39, 0.29) is 11.8 Å². The summed E-state index contributed by atoms with van der Waals surface area (Å²) in [6.45, 7) is 2.80. The third-order valence-electron chi connectivity index (χ3n) is 3.29. The average Bonchev–Trinajstić information content (AvgIpc) is 2.83. The second-order valence-electron chi connectivity index (χ2n) is 4.74. The number of hydrogen-bond acceptors (Lipinski definition) is 4. The molecule has 1 aliphatic rings. The number of anilines is 2. The van der Waals surface area contributed by atoms with E-state index in [1.807, 2.05) is 19.1 Å². The highest BCUT2D eigenvalue weighted by Crippen LogP contribution is 2.43. The van der Waals surface area contributed by atoms with Gasteiger partial charge in [0, 0.05) is 18.9 Å². The normalized spacial score (nSPS) is 17.3. The molecule has 4 nitrogen and oxygen atoms in total. The predicted octanol–water partition coefficient (Wildman–Crippen LogP) is 4.36. The van der Waals surface area contributed by atoms with Gasteiger partial charge in [0.15, 0.2) is 5.13 Å². The maximum atomic E-state index is 11.9. The van der Waals surface area contributed by atoms with E-state index in [1.165, 1.54) is 0 Å². The van der Waals surface area contributed by atoms with Crippen LogP contribution in [0.2, 0.25) is 10.0 Å². The molecule has 1 aromatic heterocycles. The van der Waals surface area contributed by atoms with E-state index >= 15 is 0 Å². The fourth-order valence-corrected chi connectivity index (χ4v) is 3.77. The zero-order valence-electron chi connectivity index (χ0n) is 11.2. The molecule has 21 heavy (non-hydrogen) atoms. The highest BCUT2D eigenvalue weighted by atomic mass is 35.5. The largest absolute Gasteiger partial charge is 0.362 e. The Hall–Kier alpha value is -1.30.